The number of hydrogen-bond acceptors (Lipinski definition) is 7. The van der Waals surface area contributed by atoms with E-state index in [1.807, 2.05) is 12.1 Å². The predicted octanol–water partition coefficient (Wildman–Crippen LogP) is 4.24. The smallest absolute Gasteiger partial charge is 0.326 e. The van der Waals surface area contributed by atoms with Crippen molar-refractivity contribution in [2.45, 2.75) is 69.7 Å². The number of aliphatic carboxylic acids is 1. The number of amides is 1. The van der Waals surface area contributed by atoms with E-state index in [2.05, 4.69) is 27.0 Å². The molecule has 0 bridgehead atoms. The predicted molar refractivity (Wildman–Crippen MR) is 137 cm³/mol. The highest BCUT2D eigenvalue weighted by Gasteiger charge is 2.28. The third kappa shape index (κ3) is 5.95. The molecule has 1 atom stereocenters. The second-order valence-electron chi connectivity index (χ2n) is 9.70. The Kier molecular flexibility index (Phi) is 7.34. The number of carbonyl (C=O) groups excluding carboxylic acids is 1. The fraction of sp³-hybridized carbons (Fsp3) is 0.481. The highest BCUT2D eigenvalue weighted by Crippen LogP contribution is 2.43. The van der Waals surface area contributed by atoms with E-state index in [0.29, 0.717) is 23.4 Å². The van der Waals surface area contributed by atoms with Crippen molar-refractivity contribution in [3.8, 4) is 0 Å². The van der Waals surface area contributed by atoms with Gasteiger partial charge in [0.05, 0.1) is 0 Å². The lowest BCUT2D eigenvalue weighted by Gasteiger charge is -2.20. The molecule has 1 aliphatic heterocycles. The Labute approximate surface area is 210 Å². The van der Waals surface area contributed by atoms with Gasteiger partial charge in [0.2, 0.25) is 5.91 Å². The van der Waals surface area contributed by atoms with Gasteiger partial charge in [0, 0.05) is 25.2 Å². The molecule has 9 nitrogen and oxygen atoms in total. The number of aryl methyl sites for hydroxylation is 2. The minimum Gasteiger partial charge on any atom is -0.480 e. The van der Waals surface area contributed by atoms with Gasteiger partial charge in [-0.2, -0.15) is 4.98 Å². The van der Waals surface area contributed by atoms with Gasteiger partial charge in [-0.1, -0.05) is 18.2 Å². The average Bonchev–Trinajstić information content (AvgIpc) is 3.64. The second kappa shape index (κ2) is 11.0. The number of benzene rings is 1. The molecule has 1 saturated carbocycles. The van der Waals surface area contributed by atoms with Gasteiger partial charge in [-0.15, -0.1) is 0 Å². The number of nitrogens with one attached hydrogen (secondary N) is 3. The molecule has 2 aliphatic rings. The molecule has 1 aliphatic carbocycles. The first kappa shape index (κ1) is 24.1. The zero-order chi connectivity index (χ0) is 24.9. The van der Waals surface area contributed by atoms with E-state index >= 15 is 0 Å². The van der Waals surface area contributed by atoms with E-state index in [9.17, 15) is 14.7 Å². The summed E-state index contributed by atoms with van der Waals surface area (Å²) in [5, 5.41) is 18.6. The summed E-state index contributed by atoms with van der Waals surface area (Å²) >= 11 is 0. The summed E-state index contributed by atoms with van der Waals surface area (Å²) < 4.78 is 5.55. The van der Waals surface area contributed by atoms with Crippen LogP contribution in [0.25, 0.3) is 11.1 Å². The van der Waals surface area contributed by atoms with Crippen molar-refractivity contribution in [3.63, 3.8) is 0 Å². The van der Waals surface area contributed by atoms with E-state index in [-0.39, 0.29) is 24.9 Å². The lowest BCUT2D eigenvalue weighted by Crippen LogP contribution is -2.34. The van der Waals surface area contributed by atoms with Crippen molar-refractivity contribution in [3.05, 3.63) is 47.2 Å². The van der Waals surface area contributed by atoms with E-state index in [1.165, 1.54) is 29.7 Å². The average molecular weight is 492 g/mol. The number of rotatable bonds is 12. The number of fused-ring (bicyclic) bond motifs is 2. The summed E-state index contributed by atoms with van der Waals surface area (Å²) in [4.78, 5) is 33.2. The second-order valence-corrected chi connectivity index (χ2v) is 9.70. The summed E-state index contributed by atoms with van der Waals surface area (Å²) in [6.45, 7) is 1.24. The van der Waals surface area contributed by atoms with Crippen LogP contribution < -0.4 is 16.0 Å². The van der Waals surface area contributed by atoms with Gasteiger partial charge >= 0.3 is 5.97 Å². The van der Waals surface area contributed by atoms with Crippen LogP contribution in [0.3, 0.4) is 0 Å². The number of aromatic nitrogens is 2. The molecule has 1 unspecified atom stereocenters. The third-order valence-corrected chi connectivity index (χ3v) is 6.86. The van der Waals surface area contributed by atoms with Gasteiger partial charge in [0.25, 0.3) is 6.01 Å². The van der Waals surface area contributed by atoms with E-state index in [0.717, 1.165) is 44.5 Å². The van der Waals surface area contributed by atoms with E-state index < -0.39 is 12.0 Å². The standard InChI is InChI=1S/C27H33N5O4/c33-24(28-15-13-22(26(34)35)32-27-31-21-8-1-3-9-23(21)36-27)10-4-2-7-20-19(17-11-12-17)16-18-6-5-14-29-25(18)30-20/h1,3,8-9,16-17,22H,2,4-7,10-15H2,(H,28,33)(H,29,30)(H,31,32)(H,34,35). The van der Waals surface area contributed by atoms with Crippen molar-refractivity contribution in [2.75, 3.05) is 23.7 Å². The number of unbranched alkanes of at least 4 members (excludes halogenated alkanes) is 1. The SMILES string of the molecule is O=C(CCCCc1nc2c(cc1C1CC1)CCCN2)NCCC(Nc1nc2ccccc2o1)C(=O)O. The maximum atomic E-state index is 12.3. The topological polar surface area (TPSA) is 129 Å². The number of pyridine rings is 1. The number of carboxylic acid groups (broad SMARTS) is 1. The molecule has 0 saturated heterocycles. The highest BCUT2D eigenvalue weighted by atomic mass is 16.4. The van der Waals surface area contributed by atoms with Crippen LogP contribution in [0.15, 0.2) is 34.7 Å². The summed E-state index contributed by atoms with van der Waals surface area (Å²) in [6, 6.07) is 8.84. The molecule has 3 aromatic rings. The van der Waals surface area contributed by atoms with Crippen LogP contribution >= 0.6 is 0 Å². The molecule has 5 rings (SSSR count). The molecular weight excluding hydrogens is 458 g/mol. The lowest BCUT2D eigenvalue weighted by atomic mass is 9.98. The Hall–Kier alpha value is -3.62. The first-order chi connectivity index (χ1) is 17.6. The molecule has 1 aromatic carbocycles. The molecule has 190 valence electrons. The molecule has 36 heavy (non-hydrogen) atoms. The minimum atomic E-state index is -1.02. The molecule has 2 aromatic heterocycles. The third-order valence-electron chi connectivity index (χ3n) is 6.86. The number of para-hydroxylation sites is 2. The van der Waals surface area contributed by atoms with Crippen molar-refractivity contribution in [2.24, 2.45) is 0 Å². The van der Waals surface area contributed by atoms with Gasteiger partial charge in [0.15, 0.2) is 5.58 Å². The quantitative estimate of drug-likeness (QED) is 0.277. The van der Waals surface area contributed by atoms with Crippen LogP contribution in [0.1, 0.15) is 67.7 Å². The molecular formula is C27H33N5O4. The van der Waals surface area contributed by atoms with Gasteiger partial charge in [-0.3, -0.25) is 4.79 Å². The van der Waals surface area contributed by atoms with Gasteiger partial charge in [-0.25, -0.2) is 9.78 Å². The van der Waals surface area contributed by atoms with Crippen LogP contribution in [0.2, 0.25) is 0 Å². The maximum Gasteiger partial charge on any atom is 0.326 e. The van der Waals surface area contributed by atoms with Crippen LogP contribution in [0.4, 0.5) is 11.8 Å². The number of anilines is 2. The lowest BCUT2D eigenvalue weighted by molar-refractivity contribution is -0.138. The Morgan fingerprint density at radius 1 is 1.19 bits per heavy atom. The maximum absolute atomic E-state index is 12.3. The van der Waals surface area contributed by atoms with Crippen LogP contribution in [0.5, 0.6) is 0 Å². The van der Waals surface area contributed by atoms with Crippen molar-refractivity contribution < 1.29 is 19.1 Å². The Bertz CT molecular complexity index is 1200. The molecule has 9 heteroatoms. The number of hydrogen-bond donors (Lipinski definition) is 4. The zero-order valence-corrected chi connectivity index (χ0v) is 20.4. The van der Waals surface area contributed by atoms with Crippen molar-refractivity contribution in [1.29, 1.82) is 0 Å². The highest BCUT2D eigenvalue weighted by molar-refractivity contribution is 5.79. The molecule has 0 spiro atoms. The summed E-state index contributed by atoms with van der Waals surface area (Å²) in [5.74, 6) is 0.611. The number of carbonyl (C=O) groups is 2. The number of nitrogens with zero attached hydrogens (tertiary/aromatic N) is 2. The Morgan fingerprint density at radius 2 is 2.06 bits per heavy atom. The Balaban J connectivity index is 1.05. The van der Waals surface area contributed by atoms with Gasteiger partial charge < -0.3 is 25.5 Å². The van der Waals surface area contributed by atoms with Crippen LogP contribution in [-0.2, 0) is 22.4 Å². The molecule has 1 fully saturated rings. The first-order valence-electron chi connectivity index (χ1n) is 12.9. The minimum absolute atomic E-state index is 0.0662. The number of carboxylic acids is 1. The zero-order valence-electron chi connectivity index (χ0n) is 20.4. The van der Waals surface area contributed by atoms with Crippen molar-refractivity contribution in [1.82, 2.24) is 15.3 Å². The summed E-state index contributed by atoms with van der Waals surface area (Å²) in [6.07, 6.45) is 7.94. The fourth-order valence-electron chi connectivity index (χ4n) is 4.75. The number of oxazole rings is 1. The molecule has 4 N–H and O–H groups in total. The van der Waals surface area contributed by atoms with Crippen LogP contribution in [-0.4, -0.2) is 46.1 Å². The summed E-state index contributed by atoms with van der Waals surface area (Å²) in [5.41, 5.74) is 5.18. The van der Waals surface area contributed by atoms with Gasteiger partial charge in [-0.05, 0) is 80.5 Å². The van der Waals surface area contributed by atoms with Crippen LogP contribution in [0, 0.1) is 0 Å². The van der Waals surface area contributed by atoms with E-state index in [1.54, 1.807) is 12.1 Å². The monoisotopic (exact) mass is 491 g/mol. The Morgan fingerprint density at radius 3 is 2.86 bits per heavy atom. The first-order valence-corrected chi connectivity index (χ1v) is 12.9. The normalized spacial score (nSPS) is 15.7. The van der Waals surface area contributed by atoms with E-state index in [4.69, 9.17) is 9.40 Å². The largest absolute Gasteiger partial charge is 0.480 e. The molecule has 1 amide bonds. The molecule has 3 heterocycles. The summed E-state index contributed by atoms with van der Waals surface area (Å²) in [7, 11) is 0. The van der Waals surface area contributed by atoms with Gasteiger partial charge in [0.1, 0.15) is 17.4 Å². The molecule has 0 radical (unpaired) electrons. The van der Waals surface area contributed by atoms with Crippen molar-refractivity contribution >= 4 is 34.8 Å². The fourth-order valence-corrected chi connectivity index (χ4v) is 4.75.